The molecule has 0 radical (unpaired) electrons. The van der Waals surface area contributed by atoms with Crippen molar-refractivity contribution in [3.8, 4) is 16.9 Å². The molecule has 5 heteroatoms. The van der Waals surface area contributed by atoms with Gasteiger partial charge in [-0.1, -0.05) is 56.3 Å². The second-order valence-electron chi connectivity index (χ2n) is 8.38. The van der Waals surface area contributed by atoms with Crippen LogP contribution in [0.3, 0.4) is 0 Å². The number of likely N-dealkylation sites (tertiary alicyclic amines) is 1. The lowest BCUT2D eigenvalue weighted by molar-refractivity contribution is -0.132. The van der Waals surface area contributed by atoms with Crippen LogP contribution in [0.4, 0.5) is 0 Å². The first-order valence-electron chi connectivity index (χ1n) is 10.1. The Morgan fingerprint density at radius 1 is 1.14 bits per heavy atom. The Balaban J connectivity index is 1.77. The Morgan fingerprint density at radius 2 is 1.83 bits per heavy atom. The van der Waals surface area contributed by atoms with Crippen LogP contribution in [0.15, 0.2) is 48.5 Å². The zero-order chi connectivity index (χ0) is 21.0. The van der Waals surface area contributed by atoms with Gasteiger partial charge in [0.1, 0.15) is 5.75 Å². The molecular weight excluding hydrogens is 364 g/mol. The SMILES string of the molecule is COc1ccccc1-c1ccc(C[C@@]2(C(N)=O)CCN(C(=O)CC(C)C)C2)cc1. The Hall–Kier alpha value is -2.82. The van der Waals surface area contributed by atoms with E-state index in [2.05, 4.69) is 0 Å². The van der Waals surface area contributed by atoms with Crippen molar-refractivity contribution < 1.29 is 14.3 Å². The molecule has 2 aromatic carbocycles. The quantitative estimate of drug-likeness (QED) is 0.779. The molecule has 1 saturated heterocycles. The first kappa shape index (κ1) is 20.9. The van der Waals surface area contributed by atoms with Crippen molar-refractivity contribution in [2.24, 2.45) is 17.1 Å². The molecule has 29 heavy (non-hydrogen) atoms. The van der Waals surface area contributed by atoms with E-state index in [1.54, 1.807) is 12.0 Å². The highest BCUT2D eigenvalue weighted by Crippen LogP contribution is 2.36. The topological polar surface area (TPSA) is 72.6 Å². The third-order valence-corrected chi connectivity index (χ3v) is 5.73. The summed E-state index contributed by atoms with van der Waals surface area (Å²) in [5.74, 6) is 0.901. The van der Waals surface area contributed by atoms with Gasteiger partial charge in [0.25, 0.3) is 0 Å². The lowest BCUT2D eigenvalue weighted by Crippen LogP contribution is -2.42. The van der Waals surface area contributed by atoms with Gasteiger partial charge in [0.2, 0.25) is 11.8 Å². The van der Waals surface area contributed by atoms with E-state index in [1.807, 2.05) is 62.4 Å². The lowest BCUT2D eigenvalue weighted by atomic mass is 9.80. The number of carbonyl (C=O) groups is 2. The zero-order valence-electron chi connectivity index (χ0n) is 17.5. The van der Waals surface area contributed by atoms with Crippen LogP contribution in [0, 0.1) is 11.3 Å². The molecule has 154 valence electrons. The Morgan fingerprint density at radius 3 is 2.45 bits per heavy atom. The number of carbonyl (C=O) groups excluding carboxylic acids is 2. The number of hydrogen-bond donors (Lipinski definition) is 1. The molecule has 0 aromatic heterocycles. The normalized spacial score (nSPS) is 18.8. The third kappa shape index (κ3) is 4.61. The molecule has 1 aliphatic heterocycles. The first-order valence-corrected chi connectivity index (χ1v) is 10.1. The molecule has 1 aliphatic rings. The number of methoxy groups -OCH3 is 1. The van der Waals surface area contributed by atoms with Crippen LogP contribution in [0.1, 0.15) is 32.3 Å². The molecule has 0 unspecified atom stereocenters. The van der Waals surface area contributed by atoms with Gasteiger partial charge in [0.15, 0.2) is 0 Å². The maximum absolute atomic E-state index is 12.4. The van der Waals surface area contributed by atoms with Crippen LogP contribution < -0.4 is 10.5 Å². The fourth-order valence-corrected chi connectivity index (χ4v) is 4.07. The monoisotopic (exact) mass is 394 g/mol. The summed E-state index contributed by atoms with van der Waals surface area (Å²) in [6.07, 6.45) is 1.66. The molecule has 1 fully saturated rings. The van der Waals surface area contributed by atoms with E-state index in [1.165, 1.54) is 0 Å². The Labute approximate surface area is 172 Å². The summed E-state index contributed by atoms with van der Waals surface area (Å²) < 4.78 is 5.45. The van der Waals surface area contributed by atoms with E-state index >= 15 is 0 Å². The van der Waals surface area contributed by atoms with Crippen LogP contribution in [0.2, 0.25) is 0 Å². The number of para-hydroxylation sites is 1. The summed E-state index contributed by atoms with van der Waals surface area (Å²) in [4.78, 5) is 26.6. The van der Waals surface area contributed by atoms with Gasteiger partial charge in [0.05, 0.1) is 12.5 Å². The fraction of sp³-hybridized carbons (Fsp3) is 0.417. The number of rotatable bonds is 7. The van der Waals surface area contributed by atoms with Gasteiger partial charge in [-0.05, 0) is 36.0 Å². The molecular formula is C24H30N2O3. The smallest absolute Gasteiger partial charge is 0.225 e. The molecule has 5 nitrogen and oxygen atoms in total. The van der Waals surface area contributed by atoms with Crippen molar-refractivity contribution in [3.05, 3.63) is 54.1 Å². The van der Waals surface area contributed by atoms with E-state index in [9.17, 15) is 9.59 Å². The van der Waals surface area contributed by atoms with Crippen LogP contribution in [-0.4, -0.2) is 36.9 Å². The maximum Gasteiger partial charge on any atom is 0.225 e. The van der Waals surface area contributed by atoms with Crippen LogP contribution >= 0.6 is 0 Å². The van der Waals surface area contributed by atoms with Crippen LogP contribution in [0.5, 0.6) is 5.75 Å². The van der Waals surface area contributed by atoms with Crippen molar-refractivity contribution in [1.82, 2.24) is 4.90 Å². The van der Waals surface area contributed by atoms with Crippen molar-refractivity contribution in [2.75, 3.05) is 20.2 Å². The number of nitrogens with zero attached hydrogens (tertiary/aromatic N) is 1. The number of ether oxygens (including phenoxy) is 1. The Kier molecular flexibility index (Phi) is 6.26. The number of amides is 2. The summed E-state index contributed by atoms with van der Waals surface area (Å²) in [5, 5.41) is 0. The summed E-state index contributed by atoms with van der Waals surface area (Å²) in [7, 11) is 1.66. The van der Waals surface area contributed by atoms with Crippen molar-refractivity contribution >= 4 is 11.8 Å². The average molecular weight is 395 g/mol. The molecule has 2 aromatic rings. The second kappa shape index (κ2) is 8.68. The van der Waals surface area contributed by atoms with Gasteiger partial charge < -0.3 is 15.4 Å². The summed E-state index contributed by atoms with van der Waals surface area (Å²) in [6.45, 7) is 5.05. The van der Waals surface area contributed by atoms with Crippen LogP contribution in [0.25, 0.3) is 11.1 Å². The first-order chi connectivity index (χ1) is 13.8. The molecule has 0 aliphatic carbocycles. The van der Waals surface area contributed by atoms with Gasteiger partial charge in [-0.3, -0.25) is 9.59 Å². The van der Waals surface area contributed by atoms with Gasteiger partial charge in [-0.2, -0.15) is 0 Å². The highest BCUT2D eigenvalue weighted by Gasteiger charge is 2.44. The van der Waals surface area contributed by atoms with E-state index < -0.39 is 5.41 Å². The molecule has 2 N–H and O–H groups in total. The van der Waals surface area contributed by atoms with E-state index in [-0.39, 0.29) is 11.8 Å². The fourth-order valence-electron chi connectivity index (χ4n) is 4.07. The number of nitrogens with two attached hydrogens (primary N) is 1. The maximum atomic E-state index is 12.4. The highest BCUT2D eigenvalue weighted by molar-refractivity contribution is 5.84. The Bertz CT molecular complexity index is 876. The highest BCUT2D eigenvalue weighted by atomic mass is 16.5. The summed E-state index contributed by atoms with van der Waals surface area (Å²) in [5.41, 5.74) is 8.24. The third-order valence-electron chi connectivity index (χ3n) is 5.73. The van der Waals surface area contributed by atoms with Gasteiger partial charge >= 0.3 is 0 Å². The predicted molar refractivity (Wildman–Crippen MR) is 114 cm³/mol. The predicted octanol–water partition coefficient (Wildman–Crippen LogP) is 3.65. The van der Waals surface area contributed by atoms with Crippen molar-refractivity contribution in [2.45, 2.75) is 33.1 Å². The molecule has 1 heterocycles. The molecule has 1 atom stereocenters. The lowest BCUT2D eigenvalue weighted by Gasteiger charge is -2.26. The van der Waals surface area contributed by atoms with Gasteiger partial charge in [0, 0.05) is 25.1 Å². The standard InChI is InChI=1S/C24H30N2O3/c1-17(2)14-22(27)26-13-12-24(16-26,23(25)28)15-18-8-10-19(11-9-18)20-6-4-5-7-21(20)29-3/h4-11,17H,12-16H2,1-3H3,(H2,25,28)/t24-/m0/s1. The van der Waals surface area contributed by atoms with E-state index in [0.29, 0.717) is 38.3 Å². The molecule has 0 bridgehead atoms. The zero-order valence-corrected chi connectivity index (χ0v) is 17.5. The minimum absolute atomic E-state index is 0.106. The molecule has 3 rings (SSSR count). The van der Waals surface area contributed by atoms with E-state index in [0.717, 1.165) is 22.4 Å². The number of primary amides is 1. The number of hydrogen-bond acceptors (Lipinski definition) is 3. The van der Waals surface area contributed by atoms with Gasteiger partial charge in [-0.15, -0.1) is 0 Å². The molecule has 2 amide bonds. The van der Waals surface area contributed by atoms with Crippen LogP contribution in [-0.2, 0) is 16.0 Å². The minimum Gasteiger partial charge on any atom is -0.496 e. The van der Waals surface area contributed by atoms with Crippen molar-refractivity contribution in [1.29, 1.82) is 0 Å². The summed E-state index contributed by atoms with van der Waals surface area (Å²) in [6, 6.07) is 16.0. The number of benzene rings is 2. The minimum atomic E-state index is -0.696. The second-order valence-corrected chi connectivity index (χ2v) is 8.38. The van der Waals surface area contributed by atoms with Gasteiger partial charge in [-0.25, -0.2) is 0 Å². The van der Waals surface area contributed by atoms with Crippen molar-refractivity contribution in [3.63, 3.8) is 0 Å². The molecule has 0 spiro atoms. The molecule has 0 saturated carbocycles. The average Bonchev–Trinajstić information content (AvgIpc) is 3.14. The summed E-state index contributed by atoms with van der Waals surface area (Å²) >= 11 is 0. The van der Waals surface area contributed by atoms with E-state index in [4.69, 9.17) is 10.5 Å². The largest absolute Gasteiger partial charge is 0.496 e.